The quantitative estimate of drug-likeness (QED) is 0.921. The molecular weight excluding hydrogens is 333 g/mol. The van der Waals surface area contributed by atoms with Crippen LogP contribution >= 0.6 is 0 Å². The van der Waals surface area contributed by atoms with Crippen molar-refractivity contribution in [2.45, 2.75) is 17.7 Å². The number of nitrogens with one attached hydrogen (secondary N) is 1. The van der Waals surface area contributed by atoms with Gasteiger partial charge in [0.05, 0.1) is 10.6 Å². The van der Waals surface area contributed by atoms with Gasteiger partial charge in [-0.25, -0.2) is 12.8 Å². The van der Waals surface area contributed by atoms with Crippen LogP contribution in [0.1, 0.15) is 12.0 Å². The first kappa shape index (κ1) is 16.4. The molecule has 24 heavy (non-hydrogen) atoms. The third-order valence-corrected chi connectivity index (χ3v) is 5.62. The van der Waals surface area contributed by atoms with Gasteiger partial charge in [0, 0.05) is 5.69 Å². The van der Waals surface area contributed by atoms with Crippen LogP contribution < -0.4 is 10.1 Å². The number of amides is 1. The predicted octanol–water partition coefficient (Wildman–Crippen LogP) is 2.56. The van der Waals surface area contributed by atoms with Crippen molar-refractivity contribution in [1.29, 1.82) is 0 Å². The number of benzene rings is 2. The van der Waals surface area contributed by atoms with Gasteiger partial charge in [-0.1, -0.05) is 0 Å². The van der Waals surface area contributed by atoms with Gasteiger partial charge in [0.1, 0.15) is 11.6 Å². The molecule has 0 unspecified atom stereocenters. The molecule has 0 spiro atoms. The summed E-state index contributed by atoms with van der Waals surface area (Å²) in [4.78, 5) is 12.3. The predicted molar refractivity (Wildman–Crippen MR) is 87.3 cm³/mol. The van der Waals surface area contributed by atoms with Crippen molar-refractivity contribution in [2.75, 3.05) is 17.7 Å². The summed E-state index contributed by atoms with van der Waals surface area (Å²) < 4.78 is 42.0. The van der Waals surface area contributed by atoms with Gasteiger partial charge in [-0.15, -0.1) is 0 Å². The minimum Gasteiger partial charge on any atom is -0.484 e. The van der Waals surface area contributed by atoms with Crippen LogP contribution in [0.15, 0.2) is 47.4 Å². The monoisotopic (exact) mass is 349 g/mol. The fourth-order valence-corrected chi connectivity index (χ4v) is 4.18. The highest BCUT2D eigenvalue weighted by atomic mass is 32.2. The topological polar surface area (TPSA) is 72.5 Å². The lowest BCUT2D eigenvalue weighted by Gasteiger charge is -2.17. The normalized spacial score (nSPS) is 15.4. The lowest BCUT2D eigenvalue weighted by molar-refractivity contribution is -0.118. The second-order valence-electron chi connectivity index (χ2n) is 5.54. The Hall–Kier alpha value is -2.41. The van der Waals surface area contributed by atoms with Crippen LogP contribution in [0.2, 0.25) is 0 Å². The second kappa shape index (κ2) is 6.60. The highest BCUT2D eigenvalue weighted by molar-refractivity contribution is 7.91. The molecule has 126 valence electrons. The van der Waals surface area contributed by atoms with E-state index in [2.05, 4.69) is 5.32 Å². The van der Waals surface area contributed by atoms with Gasteiger partial charge in [0.25, 0.3) is 5.91 Å². The standard InChI is InChI=1S/C17H16FNO4S/c18-13-3-6-15(7-4-13)23-11-17(20)19-14-5-8-16-12(10-14)2-1-9-24(16,21)22/h3-8,10H,1-2,9,11H2,(H,19,20). The van der Waals surface area contributed by atoms with E-state index in [0.29, 0.717) is 29.2 Å². The highest BCUT2D eigenvalue weighted by Crippen LogP contribution is 2.27. The summed E-state index contributed by atoms with van der Waals surface area (Å²) in [6.45, 7) is -0.221. The number of rotatable bonds is 4. The molecule has 1 N–H and O–H groups in total. The molecule has 0 atom stereocenters. The van der Waals surface area contributed by atoms with Gasteiger partial charge in [-0.05, 0) is 60.9 Å². The maximum atomic E-state index is 12.8. The average Bonchev–Trinajstić information content (AvgIpc) is 2.54. The molecule has 0 aliphatic carbocycles. The molecule has 3 rings (SSSR count). The van der Waals surface area contributed by atoms with Crippen LogP contribution in [-0.4, -0.2) is 26.7 Å². The average molecular weight is 349 g/mol. The maximum Gasteiger partial charge on any atom is 0.262 e. The molecule has 1 aliphatic rings. The number of ether oxygens (including phenoxy) is 1. The van der Waals surface area contributed by atoms with Crippen molar-refractivity contribution in [3.05, 3.63) is 53.8 Å². The van der Waals surface area contributed by atoms with Crippen molar-refractivity contribution < 1.29 is 22.3 Å². The Morgan fingerprint density at radius 1 is 1.17 bits per heavy atom. The van der Waals surface area contributed by atoms with Crippen molar-refractivity contribution in [3.63, 3.8) is 0 Å². The largest absolute Gasteiger partial charge is 0.484 e. The van der Waals surface area contributed by atoms with Crippen molar-refractivity contribution >= 4 is 21.4 Å². The molecule has 2 aromatic carbocycles. The number of carbonyl (C=O) groups excluding carboxylic acids is 1. The summed E-state index contributed by atoms with van der Waals surface area (Å²) in [5.41, 5.74) is 1.25. The Morgan fingerprint density at radius 2 is 1.92 bits per heavy atom. The molecule has 0 fully saturated rings. The molecular formula is C17H16FNO4S. The summed E-state index contributed by atoms with van der Waals surface area (Å²) in [5.74, 6) is -0.200. The van der Waals surface area contributed by atoms with Crippen LogP contribution in [0.4, 0.5) is 10.1 Å². The van der Waals surface area contributed by atoms with E-state index < -0.39 is 9.84 Å². The Labute approximate surface area is 139 Å². The van der Waals surface area contributed by atoms with Crippen LogP contribution in [-0.2, 0) is 21.1 Å². The van der Waals surface area contributed by atoms with Crippen LogP contribution in [0, 0.1) is 5.82 Å². The minimum atomic E-state index is -3.21. The summed E-state index contributed by atoms with van der Waals surface area (Å²) in [6, 6.07) is 10.1. The third-order valence-electron chi connectivity index (χ3n) is 3.72. The molecule has 1 heterocycles. The SMILES string of the molecule is O=C(COc1ccc(F)cc1)Nc1ccc2c(c1)CCCS2(=O)=O. The molecule has 0 bridgehead atoms. The second-order valence-corrected chi connectivity index (χ2v) is 7.61. The summed E-state index contributed by atoms with van der Waals surface area (Å²) in [5, 5.41) is 2.67. The molecule has 1 amide bonds. The smallest absolute Gasteiger partial charge is 0.262 e. The van der Waals surface area contributed by atoms with E-state index >= 15 is 0 Å². The maximum absolute atomic E-state index is 12.8. The van der Waals surface area contributed by atoms with Crippen LogP contribution in [0.3, 0.4) is 0 Å². The number of anilines is 1. The van der Waals surface area contributed by atoms with E-state index in [0.717, 1.165) is 5.56 Å². The van der Waals surface area contributed by atoms with E-state index in [1.54, 1.807) is 12.1 Å². The number of fused-ring (bicyclic) bond motifs is 1. The van der Waals surface area contributed by atoms with Gasteiger partial charge in [0.2, 0.25) is 0 Å². The van der Waals surface area contributed by atoms with Gasteiger partial charge < -0.3 is 10.1 Å². The van der Waals surface area contributed by atoms with Crippen LogP contribution in [0.5, 0.6) is 5.75 Å². The first-order valence-electron chi connectivity index (χ1n) is 7.48. The molecule has 5 nitrogen and oxygen atoms in total. The Bertz CT molecular complexity index is 863. The number of hydrogen-bond donors (Lipinski definition) is 1. The van der Waals surface area contributed by atoms with E-state index in [4.69, 9.17) is 4.74 Å². The molecule has 0 aromatic heterocycles. The zero-order valence-electron chi connectivity index (χ0n) is 12.8. The first-order valence-corrected chi connectivity index (χ1v) is 9.13. The number of carbonyl (C=O) groups is 1. The van der Waals surface area contributed by atoms with Gasteiger partial charge in [0.15, 0.2) is 16.4 Å². The Morgan fingerprint density at radius 3 is 2.67 bits per heavy atom. The lowest BCUT2D eigenvalue weighted by atomic mass is 10.1. The first-order chi connectivity index (χ1) is 11.4. The van der Waals surface area contributed by atoms with Crippen molar-refractivity contribution in [3.8, 4) is 5.75 Å². The van der Waals surface area contributed by atoms with E-state index in [9.17, 15) is 17.6 Å². The summed E-state index contributed by atoms with van der Waals surface area (Å²) in [6.07, 6.45) is 1.25. The molecule has 2 aromatic rings. The fourth-order valence-electron chi connectivity index (χ4n) is 2.60. The van der Waals surface area contributed by atoms with Crippen molar-refractivity contribution in [2.24, 2.45) is 0 Å². The van der Waals surface area contributed by atoms with Gasteiger partial charge in [-0.2, -0.15) is 0 Å². The zero-order valence-corrected chi connectivity index (χ0v) is 13.6. The van der Waals surface area contributed by atoms with E-state index in [-0.39, 0.29) is 24.1 Å². The van der Waals surface area contributed by atoms with Gasteiger partial charge >= 0.3 is 0 Å². The third kappa shape index (κ3) is 3.73. The molecule has 0 saturated heterocycles. The number of hydrogen-bond acceptors (Lipinski definition) is 4. The van der Waals surface area contributed by atoms with E-state index in [1.807, 2.05) is 0 Å². The highest BCUT2D eigenvalue weighted by Gasteiger charge is 2.23. The molecule has 7 heteroatoms. The lowest BCUT2D eigenvalue weighted by Crippen LogP contribution is -2.21. The zero-order chi connectivity index (χ0) is 17.2. The van der Waals surface area contributed by atoms with E-state index in [1.165, 1.54) is 30.3 Å². The number of aryl methyl sites for hydroxylation is 1. The van der Waals surface area contributed by atoms with Crippen molar-refractivity contribution in [1.82, 2.24) is 0 Å². The fraction of sp³-hybridized carbons (Fsp3) is 0.235. The number of halogens is 1. The molecule has 0 radical (unpaired) electrons. The Balaban J connectivity index is 1.63. The molecule has 1 aliphatic heterocycles. The Kier molecular flexibility index (Phi) is 4.53. The summed E-state index contributed by atoms with van der Waals surface area (Å²) >= 11 is 0. The van der Waals surface area contributed by atoms with Gasteiger partial charge in [-0.3, -0.25) is 4.79 Å². The van der Waals surface area contributed by atoms with Crippen LogP contribution in [0.25, 0.3) is 0 Å². The number of sulfone groups is 1. The minimum absolute atomic E-state index is 0.164. The summed E-state index contributed by atoms with van der Waals surface area (Å²) in [7, 11) is -3.21. The molecule has 0 saturated carbocycles.